The van der Waals surface area contributed by atoms with Gasteiger partial charge in [0.05, 0.1) is 32.6 Å². The predicted molar refractivity (Wildman–Crippen MR) is 101 cm³/mol. The van der Waals surface area contributed by atoms with E-state index in [9.17, 15) is 4.79 Å². The number of aliphatic imine (C=N–C) groups is 1. The van der Waals surface area contributed by atoms with Crippen molar-refractivity contribution in [1.82, 2.24) is 14.9 Å². The van der Waals surface area contributed by atoms with Gasteiger partial charge in [0.15, 0.2) is 0 Å². The minimum absolute atomic E-state index is 0.130. The van der Waals surface area contributed by atoms with Crippen LogP contribution in [-0.4, -0.2) is 60.4 Å². The quantitative estimate of drug-likeness (QED) is 0.833. The summed E-state index contributed by atoms with van der Waals surface area (Å²) >= 11 is 0. The van der Waals surface area contributed by atoms with Crippen molar-refractivity contribution in [3.63, 3.8) is 0 Å². The zero-order valence-corrected chi connectivity index (χ0v) is 14.9. The lowest BCUT2D eigenvalue weighted by Crippen LogP contribution is -2.41. The van der Waals surface area contributed by atoms with Crippen molar-refractivity contribution in [3.8, 4) is 5.75 Å². The molecule has 3 heterocycles. The molecule has 0 bridgehead atoms. The fraction of sp³-hybridized carbons (Fsp3) is 0.333. The lowest BCUT2D eigenvalue weighted by atomic mass is 10.1. The van der Waals surface area contributed by atoms with Crippen molar-refractivity contribution in [2.75, 3.05) is 44.5 Å². The summed E-state index contributed by atoms with van der Waals surface area (Å²) < 4.78 is 10.8. The van der Waals surface area contributed by atoms with Crippen molar-refractivity contribution < 1.29 is 14.3 Å². The van der Waals surface area contributed by atoms with Gasteiger partial charge in [-0.15, -0.1) is 0 Å². The maximum atomic E-state index is 13.0. The highest BCUT2D eigenvalue weighted by Crippen LogP contribution is 2.33. The molecule has 9 heteroatoms. The molecular weight excluding hydrogens is 348 g/mol. The lowest BCUT2D eigenvalue weighted by molar-refractivity contribution is 0.0304. The van der Waals surface area contributed by atoms with Crippen LogP contribution in [0.3, 0.4) is 0 Å². The minimum Gasteiger partial charge on any atom is -0.495 e. The molecule has 4 rings (SSSR count). The number of rotatable bonds is 4. The first kappa shape index (κ1) is 17.2. The summed E-state index contributed by atoms with van der Waals surface area (Å²) in [6.45, 7) is 2.64. The second kappa shape index (κ2) is 7.20. The Balaban J connectivity index is 1.70. The molecule has 2 aliphatic rings. The number of hydrogen-bond acceptors (Lipinski definition) is 8. The first-order valence-corrected chi connectivity index (χ1v) is 8.62. The highest BCUT2D eigenvalue weighted by molar-refractivity contribution is 6.03. The number of nitrogens with one attached hydrogen (secondary N) is 1. The molecule has 27 heavy (non-hydrogen) atoms. The molecule has 1 aromatic heterocycles. The highest BCUT2D eigenvalue weighted by Gasteiger charge is 2.25. The van der Waals surface area contributed by atoms with Crippen LogP contribution in [0, 0.1) is 0 Å². The average Bonchev–Trinajstić information content (AvgIpc) is 3.15. The maximum Gasteiger partial charge on any atom is 0.261 e. The van der Waals surface area contributed by atoms with Crippen molar-refractivity contribution >= 4 is 29.4 Å². The number of aromatic nitrogens is 2. The number of ether oxygens (including phenoxy) is 2. The molecule has 0 aliphatic carbocycles. The molecule has 1 fully saturated rings. The van der Waals surface area contributed by atoms with Crippen LogP contribution in [0.2, 0.25) is 0 Å². The number of nitrogen functional groups attached to an aromatic ring is 1. The predicted octanol–water partition coefficient (Wildman–Crippen LogP) is 1.22. The van der Waals surface area contributed by atoms with Gasteiger partial charge in [0, 0.05) is 19.3 Å². The van der Waals surface area contributed by atoms with E-state index in [0.717, 1.165) is 11.1 Å². The number of benzene rings is 1. The first-order valence-electron chi connectivity index (χ1n) is 8.62. The number of morpholine rings is 1. The Labute approximate surface area is 156 Å². The monoisotopic (exact) mass is 368 g/mol. The largest absolute Gasteiger partial charge is 0.495 e. The van der Waals surface area contributed by atoms with Crippen LogP contribution in [0.25, 0.3) is 0 Å². The summed E-state index contributed by atoms with van der Waals surface area (Å²) in [5, 5.41) is 3.19. The molecule has 0 saturated carbocycles. The Morgan fingerprint density at radius 1 is 1.30 bits per heavy atom. The van der Waals surface area contributed by atoms with E-state index in [2.05, 4.69) is 20.3 Å². The van der Waals surface area contributed by atoms with E-state index in [0.29, 0.717) is 50.1 Å². The van der Waals surface area contributed by atoms with Crippen LogP contribution < -0.4 is 15.8 Å². The van der Waals surface area contributed by atoms with Gasteiger partial charge in [-0.1, -0.05) is 0 Å². The summed E-state index contributed by atoms with van der Waals surface area (Å²) in [6.07, 6.45) is 3.14. The van der Waals surface area contributed by atoms with Crippen molar-refractivity contribution in [2.24, 2.45) is 4.99 Å². The van der Waals surface area contributed by atoms with E-state index < -0.39 is 0 Å². The van der Waals surface area contributed by atoms with Gasteiger partial charge in [-0.3, -0.25) is 9.79 Å². The second-order valence-corrected chi connectivity index (χ2v) is 6.23. The van der Waals surface area contributed by atoms with E-state index in [1.165, 1.54) is 6.33 Å². The van der Waals surface area contributed by atoms with E-state index in [1.54, 1.807) is 12.0 Å². The Morgan fingerprint density at radius 2 is 2.11 bits per heavy atom. The summed E-state index contributed by atoms with van der Waals surface area (Å²) in [7, 11) is 1.59. The molecule has 1 aromatic carbocycles. The van der Waals surface area contributed by atoms with Crippen LogP contribution in [0.4, 0.5) is 17.3 Å². The van der Waals surface area contributed by atoms with E-state index in [4.69, 9.17) is 15.2 Å². The van der Waals surface area contributed by atoms with Gasteiger partial charge in [-0.25, -0.2) is 9.97 Å². The van der Waals surface area contributed by atoms with Crippen LogP contribution in [0.1, 0.15) is 21.5 Å². The van der Waals surface area contributed by atoms with Gasteiger partial charge < -0.3 is 25.4 Å². The normalized spacial score (nSPS) is 15.5. The number of carbonyl (C=O) groups is 1. The lowest BCUT2D eigenvalue weighted by Gasteiger charge is -2.27. The number of nitrogens with two attached hydrogens (primary N) is 1. The third kappa shape index (κ3) is 3.28. The maximum absolute atomic E-state index is 13.0. The van der Waals surface area contributed by atoms with Crippen molar-refractivity contribution in [1.29, 1.82) is 0 Å². The molecule has 2 aliphatic heterocycles. The topological polar surface area (TPSA) is 115 Å². The molecule has 0 radical (unpaired) electrons. The number of hydrogen-bond donors (Lipinski definition) is 2. The Morgan fingerprint density at radius 3 is 2.89 bits per heavy atom. The average molecular weight is 368 g/mol. The minimum atomic E-state index is -0.222. The Hall–Kier alpha value is -3.20. The third-order valence-electron chi connectivity index (χ3n) is 4.60. The zero-order valence-electron chi connectivity index (χ0n) is 14.9. The summed E-state index contributed by atoms with van der Waals surface area (Å²) in [5.74, 6) is 0.889. The van der Waals surface area contributed by atoms with Gasteiger partial charge >= 0.3 is 0 Å². The van der Waals surface area contributed by atoms with Crippen molar-refractivity contribution in [3.05, 3.63) is 35.2 Å². The number of methoxy groups -OCH3 is 1. The SMILES string of the molecule is COc1cc2c(cc1Nc1ncnc(N)c1C(=O)N1CCOCC1)C=NC2. The van der Waals surface area contributed by atoms with Crippen molar-refractivity contribution in [2.45, 2.75) is 6.54 Å². The van der Waals surface area contributed by atoms with E-state index in [1.807, 2.05) is 18.3 Å². The van der Waals surface area contributed by atoms with Gasteiger partial charge in [0.2, 0.25) is 0 Å². The molecule has 0 spiro atoms. The number of anilines is 3. The fourth-order valence-electron chi connectivity index (χ4n) is 3.16. The molecule has 9 nitrogen and oxygen atoms in total. The second-order valence-electron chi connectivity index (χ2n) is 6.23. The van der Waals surface area contributed by atoms with Gasteiger partial charge in [-0.2, -0.15) is 0 Å². The first-order chi connectivity index (χ1) is 13.2. The van der Waals surface area contributed by atoms with Gasteiger partial charge in [0.25, 0.3) is 5.91 Å². The molecule has 140 valence electrons. The van der Waals surface area contributed by atoms with Crippen LogP contribution in [0.15, 0.2) is 23.5 Å². The molecular formula is C18H20N6O3. The number of nitrogens with zero attached hydrogens (tertiary/aromatic N) is 4. The summed E-state index contributed by atoms with van der Waals surface area (Å²) in [5.41, 5.74) is 9.03. The molecule has 0 unspecified atom stereocenters. The Bertz CT molecular complexity index is 908. The summed E-state index contributed by atoms with van der Waals surface area (Å²) in [4.78, 5) is 27.2. The number of carbonyl (C=O) groups excluding carboxylic acids is 1. The molecule has 1 amide bonds. The van der Waals surface area contributed by atoms with Crippen LogP contribution in [-0.2, 0) is 11.3 Å². The smallest absolute Gasteiger partial charge is 0.261 e. The molecule has 2 aromatic rings. The standard InChI is InChI=1S/C18H20N6O3/c1-26-14-7-12-9-20-8-11(12)6-13(14)23-17-15(16(19)21-10-22-17)18(25)24-2-4-27-5-3-24/h6-8,10H,2-5,9H2,1H3,(H3,19,21,22,23). The fourth-order valence-corrected chi connectivity index (χ4v) is 3.16. The van der Waals surface area contributed by atoms with Crippen LogP contribution >= 0.6 is 0 Å². The molecule has 0 atom stereocenters. The summed E-state index contributed by atoms with van der Waals surface area (Å²) in [6, 6.07) is 3.85. The zero-order chi connectivity index (χ0) is 18.8. The van der Waals surface area contributed by atoms with E-state index >= 15 is 0 Å². The molecule has 1 saturated heterocycles. The van der Waals surface area contributed by atoms with Gasteiger partial charge in [-0.05, 0) is 23.3 Å². The van der Waals surface area contributed by atoms with Gasteiger partial charge in [0.1, 0.15) is 29.3 Å². The highest BCUT2D eigenvalue weighted by atomic mass is 16.5. The molecule has 3 N–H and O–H groups in total. The number of amides is 1. The van der Waals surface area contributed by atoms with E-state index in [-0.39, 0.29) is 17.3 Å². The third-order valence-corrected chi connectivity index (χ3v) is 4.60. The number of fused-ring (bicyclic) bond motifs is 1. The van der Waals surface area contributed by atoms with Crippen LogP contribution in [0.5, 0.6) is 5.75 Å². The Kier molecular flexibility index (Phi) is 4.59.